The Kier molecular flexibility index (Phi) is 5.05. The summed E-state index contributed by atoms with van der Waals surface area (Å²) in [6.45, 7) is 2.51. The molecule has 2 nitrogen and oxygen atoms in total. The van der Waals surface area contributed by atoms with Gasteiger partial charge in [-0.05, 0) is 44.6 Å². The fourth-order valence-corrected chi connectivity index (χ4v) is 3.28. The number of rotatable bonds is 5. The minimum Gasteiger partial charge on any atom is -0.396 e. The first-order valence-corrected chi connectivity index (χ1v) is 7.31. The zero-order valence-electron chi connectivity index (χ0n) is 11.0. The molecular formula is C15H27NO. The second-order valence-electron chi connectivity index (χ2n) is 6.00. The van der Waals surface area contributed by atoms with Gasteiger partial charge in [0.25, 0.3) is 0 Å². The Morgan fingerprint density at radius 3 is 2.65 bits per heavy atom. The molecule has 0 bridgehead atoms. The van der Waals surface area contributed by atoms with Gasteiger partial charge in [0.15, 0.2) is 0 Å². The van der Waals surface area contributed by atoms with Crippen molar-refractivity contribution in [3.05, 3.63) is 12.2 Å². The van der Waals surface area contributed by atoms with Gasteiger partial charge in [0, 0.05) is 18.6 Å². The highest BCUT2D eigenvalue weighted by molar-refractivity contribution is 4.91. The first kappa shape index (κ1) is 13.1. The molecule has 1 atom stereocenters. The molecule has 1 fully saturated rings. The third-order valence-electron chi connectivity index (χ3n) is 4.56. The topological polar surface area (TPSA) is 32.3 Å². The van der Waals surface area contributed by atoms with Gasteiger partial charge < -0.3 is 10.4 Å². The van der Waals surface area contributed by atoms with E-state index in [1.165, 1.54) is 51.4 Å². The molecule has 0 amide bonds. The molecule has 0 aromatic carbocycles. The van der Waals surface area contributed by atoms with Crippen LogP contribution in [0.4, 0.5) is 0 Å². The zero-order chi connectivity index (χ0) is 12.0. The predicted molar refractivity (Wildman–Crippen MR) is 72.0 cm³/mol. The number of allylic oxidation sites excluding steroid dienone is 2. The van der Waals surface area contributed by atoms with Gasteiger partial charge in [-0.3, -0.25) is 0 Å². The van der Waals surface area contributed by atoms with Gasteiger partial charge in [0.1, 0.15) is 0 Å². The van der Waals surface area contributed by atoms with Crippen molar-refractivity contribution in [1.82, 2.24) is 5.32 Å². The maximum atomic E-state index is 9.63. The van der Waals surface area contributed by atoms with Crippen LogP contribution in [0, 0.1) is 11.3 Å². The average molecular weight is 237 g/mol. The van der Waals surface area contributed by atoms with Crippen LogP contribution in [0.25, 0.3) is 0 Å². The Morgan fingerprint density at radius 2 is 2.00 bits per heavy atom. The summed E-state index contributed by atoms with van der Waals surface area (Å²) < 4.78 is 0. The summed E-state index contributed by atoms with van der Waals surface area (Å²) in [6, 6.07) is 0. The number of aliphatic hydroxyl groups is 1. The maximum absolute atomic E-state index is 9.63. The molecule has 2 rings (SSSR count). The first-order chi connectivity index (χ1) is 8.35. The van der Waals surface area contributed by atoms with Crippen molar-refractivity contribution in [3.63, 3.8) is 0 Å². The molecule has 0 radical (unpaired) electrons. The molecule has 0 spiro atoms. The molecule has 0 aliphatic heterocycles. The molecule has 0 heterocycles. The van der Waals surface area contributed by atoms with Crippen molar-refractivity contribution in [1.29, 1.82) is 0 Å². The van der Waals surface area contributed by atoms with Crippen molar-refractivity contribution < 1.29 is 5.11 Å². The summed E-state index contributed by atoms with van der Waals surface area (Å²) >= 11 is 0. The molecule has 1 saturated carbocycles. The van der Waals surface area contributed by atoms with Crippen LogP contribution in [0.2, 0.25) is 0 Å². The normalized spacial score (nSPS) is 28.2. The molecular weight excluding hydrogens is 210 g/mol. The molecule has 0 aromatic heterocycles. The standard InChI is InChI=1S/C15H27NO/c17-13-15(9-5-2-6-10-15)12-16-11-14-7-3-1-4-8-14/h1,3,14,16-17H,2,4-13H2. The Morgan fingerprint density at radius 1 is 1.18 bits per heavy atom. The van der Waals surface area contributed by atoms with Crippen LogP contribution in [0.3, 0.4) is 0 Å². The van der Waals surface area contributed by atoms with E-state index in [0.717, 1.165) is 19.0 Å². The number of hydrogen-bond donors (Lipinski definition) is 2. The highest BCUT2D eigenvalue weighted by Crippen LogP contribution is 2.35. The van der Waals surface area contributed by atoms with Crippen molar-refractivity contribution in [2.24, 2.45) is 11.3 Å². The molecule has 0 saturated heterocycles. The average Bonchev–Trinajstić information content (AvgIpc) is 2.41. The first-order valence-electron chi connectivity index (χ1n) is 7.31. The SMILES string of the molecule is OCC1(CNCC2CC=CCC2)CCCCC1. The van der Waals surface area contributed by atoms with Gasteiger partial charge in [-0.15, -0.1) is 0 Å². The third-order valence-corrected chi connectivity index (χ3v) is 4.56. The minimum atomic E-state index is 0.197. The lowest BCUT2D eigenvalue weighted by Crippen LogP contribution is -2.40. The van der Waals surface area contributed by atoms with E-state index in [1.807, 2.05) is 0 Å². The van der Waals surface area contributed by atoms with Crippen molar-refractivity contribution in [2.45, 2.75) is 51.4 Å². The van der Waals surface area contributed by atoms with E-state index in [2.05, 4.69) is 17.5 Å². The monoisotopic (exact) mass is 237 g/mol. The zero-order valence-corrected chi connectivity index (χ0v) is 11.0. The lowest BCUT2D eigenvalue weighted by Gasteiger charge is -2.36. The predicted octanol–water partition coefficient (Wildman–Crippen LogP) is 2.88. The van der Waals surface area contributed by atoms with E-state index in [0.29, 0.717) is 6.61 Å². The van der Waals surface area contributed by atoms with E-state index in [9.17, 15) is 5.11 Å². The number of hydrogen-bond acceptors (Lipinski definition) is 2. The molecule has 1 unspecified atom stereocenters. The molecule has 0 aromatic rings. The molecule has 2 aliphatic carbocycles. The van der Waals surface area contributed by atoms with E-state index in [4.69, 9.17) is 0 Å². The van der Waals surface area contributed by atoms with Gasteiger partial charge in [0.2, 0.25) is 0 Å². The van der Waals surface area contributed by atoms with Crippen molar-refractivity contribution >= 4 is 0 Å². The Balaban J connectivity index is 1.70. The Bertz CT molecular complexity index is 243. The lowest BCUT2D eigenvalue weighted by atomic mass is 9.74. The van der Waals surface area contributed by atoms with E-state index >= 15 is 0 Å². The van der Waals surface area contributed by atoms with E-state index < -0.39 is 0 Å². The van der Waals surface area contributed by atoms with Gasteiger partial charge in [0.05, 0.1) is 0 Å². The van der Waals surface area contributed by atoms with Crippen LogP contribution < -0.4 is 5.32 Å². The van der Waals surface area contributed by atoms with Crippen LogP contribution in [-0.2, 0) is 0 Å². The Labute approximate surface area is 105 Å². The van der Waals surface area contributed by atoms with Gasteiger partial charge in [-0.2, -0.15) is 0 Å². The molecule has 98 valence electrons. The second kappa shape index (κ2) is 6.55. The highest BCUT2D eigenvalue weighted by Gasteiger charge is 2.30. The molecule has 2 N–H and O–H groups in total. The summed E-state index contributed by atoms with van der Waals surface area (Å²) in [5.41, 5.74) is 0.197. The minimum absolute atomic E-state index is 0.197. The summed E-state index contributed by atoms with van der Waals surface area (Å²) in [4.78, 5) is 0. The molecule has 17 heavy (non-hydrogen) atoms. The van der Waals surface area contributed by atoms with Gasteiger partial charge in [-0.1, -0.05) is 31.4 Å². The summed E-state index contributed by atoms with van der Waals surface area (Å²) in [5.74, 6) is 0.819. The van der Waals surface area contributed by atoms with Crippen molar-refractivity contribution in [3.8, 4) is 0 Å². The lowest BCUT2D eigenvalue weighted by molar-refractivity contribution is 0.0802. The maximum Gasteiger partial charge on any atom is 0.0499 e. The number of aliphatic hydroxyl groups excluding tert-OH is 1. The van der Waals surface area contributed by atoms with Crippen LogP contribution in [0.5, 0.6) is 0 Å². The smallest absolute Gasteiger partial charge is 0.0499 e. The summed E-state index contributed by atoms with van der Waals surface area (Å²) in [5, 5.41) is 13.3. The van der Waals surface area contributed by atoms with Crippen LogP contribution in [0.15, 0.2) is 12.2 Å². The van der Waals surface area contributed by atoms with Crippen LogP contribution in [-0.4, -0.2) is 24.8 Å². The summed E-state index contributed by atoms with van der Waals surface area (Å²) in [6.07, 6.45) is 14.8. The summed E-state index contributed by atoms with van der Waals surface area (Å²) in [7, 11) is 0. The third kappa shape index (κ3) is 3.82. The van der Waals surface area contributed by atoms with E-state index in [1.54, 1.807) is 0 Å². The number of nitrogens with one attached hydrogen (secondary N) is 1. The fourth-order valence-electron chi connectivity index (χ4n) is 3.28. The van der Waals surface area contributed by atoms with Crippen LogP contribution >= 0.6 is 0 Å². The highest BCUT2D eigenvalue weighted by atomic mass is 16.3. The second-order valence-corrected chi connectivity index (χ2v) is 6.00. The largest absolute Gasteiger partial charge is 0.396 e. The van der Waals surface area contributed by atoms with Gasteiger partial charge in [-0.25, -0.2) is 0 Å². The molecule has 2 aliphatic rings. The molecule has 2 heteroatoms. The van der Waals surface area contributed by atoms with Crippen LogP contribution in [0.1, 0.15) is 51.4 Å². The quantitative estimate of drug-likeness (QED) is 0.721. The fraction of sp³-hybridized carbons (Fsp3) is 0.867. The Hall–Kier alpha value is -0.340. The van der Waals surface area contributed by atoms with Crippen molar-refractivity contribution in [2.75, 3.05) is 19.7 Å². The van der Waals surface area contributed by atoms with Gasteiger partial charge >= 0.3 is 0 Å². The van der Waals surface area contributed by atoms with E-state index in [-0.39, 0.29) is 5.41 Å².